The molecule has 0 aromatic heterocycles. The van der Waals surface area contributed by atoms with Crippen molar-refractivity contribution in [2.75, 3.05) is 5.32 Å². The molecule has 0 saturated carbocycles. The molecule has 2 aromatic rings. The van der Waals surface area contributed by atoms with Gasteiger partial charge in [-0.25, -0.2) is 4.79 Å². The number of amides is 2. The fourth-order valence-corrected chi connectivity index (χ4v) is 2.46. The number of hydrogen-bond donors (Lipinski definition) is 2. The van der Waals surface area contributed by atoms with Gasteiger partial charge < -0.3 is 10.6 Å². The fraction of sp³-hybridized carbons (Fsp3) is 0.278. The topological polar surface area (TPSA) is 41.1 Å². The Kier molecular flexibility index (Phi) is 5.24. The zero-order chi connectivity index (χ0) is 16.2. The van der Waals surface area contributed by atoms with E-state index in [1.807, 2.05) is 48.5 Å². The summed E-state index contributed by atoms with van der Waals surface area (Å²) in [4.78, 5) is 12.1. The molecule has 2 amide bonds. The lowest BCUT2D eigenvalue weighted by atomic mass is 9.86. The second-order valence-electron chi connectivity index (χ2n) is 6.23. The van der Waals surface area contributed by atoms with Gasteiger partial charge in [0.05, 0.1) is 0 Å². The molecule has 116 valence electrons. The number of nitrogens with one attached hydrogen (secondary N) is 2. The highest BCUT2D eigenvalue weighted by Crippen LogP contribution is 2.29. The van der Waals surface area contributed by atoms with Crippen LogP contribution in [0, 0.1) is 0 Å². The first-order valence-electron chi connectivity index (χ1n) is 7.25. The molecule has 0 aliphatic rings. The molecule has 3 nitrogen and oxygen atoms in total. The molecule has 2 N–H and O–H groups in total. The Morgan fingerprint density at radius 2 is 1.68 bits per heavy atom. The molecule has 2 aromatic carbocycles. The van der Waals surface area contributed by atoms with Gasteiger partial charge in [0, 0.05) is 16.7 Å². The maximum Gasteiger partial charge on any atom is 0.319 e. The molecule has 0 atom stereocenters. The van der Waals surface area contributed by atoms with E-state index in [4.69, 9.17) is 0 Å². The highest BCUT2D eigenvalue weighted by molar-refractivity contribution is 9.10. The third-order valence-corrected chi connectivity index (χ3v) is 3.88. The van der Waals surface area contributed by atoms with Crippen LogP contribution in [-0.2, 0) is 12.0 Å². The number of rotatable bonds is 3. The van der Waals surface area contributed by atoms with Crippen molar-refractivity contribution in [3.05, 3.63) is 64.1 Å². The number of hydrogen-bond acceptors (Lipinski definition) is 1. The zero-order valence-electron chi connectivity index (χ0n) is 13.1. The van der Waals surface area contributed by atoms with Gasteiger partial charge in [-0.2, -0.15) is 0 Å². The van der Waals surface area contributed by atoms with Crippen LogP contribution in [0.25, 0.3) is 0 Å². The van der Waals surface area contributed by atoms with Crippen LogP contribution in [0.5, 0.6) is 0 Å². The van der Waals surface area contributed by atoms with Gasteiger partial charge in [0.2, 0.25) is 0 Å². The van der Waals surface area contributed by atoms with Crippen LogP contribution in [0.1, 0.15) is 31.9 Å². The number of halogens is 1. The van der Waals surface area contributed by atoms with Crippen LogP contribution in [-0.4, -0.2) is 6.03 Å². The zero-order valence-corrected chi connectivity index (χ0v) is 14.7. The second-order valence-corrected chi connectivity index (χ2v) is 7.15. The van der Waals surface area contributed by atoms with Crippen molar-refractivity contribution in [2.24, 2.45) is 0 Å². The number of urea groups is 1. The summed E-state index contributed by atoms with van der Waals surface area (Å²) in [7, 11) is 0. The van der Waals surface area contributed by atoms with Crippen LogP contribution in [0.3, 0.4) is 0 Å². The highest BCUT2D eigenvalue weighted by Gasteiger charge is 2.18. The molecule has 0 aliphatic carbocycles. The number of benzene rings is 2. The van der Waals surface area contributed by atoms with Crippen LogP contribution >= 0.6 is 15.9 Å². The smallest absolute Gasteiger partial charge is 0.319 e. The van der Waals surface area contributed by atoms with Crippen LogP contribution in [0.4, 0.5) is 10.5 Å². The molecule has 0 bridgehead atoms. The van der Waals surface area contributed by atoms with E-state index in [1.165, 1.54) is 0 Å². The Bertz CT molecular complexity index is 645. The quantitative estimate of drug-likeness (QED) is 0.788. The minimum absolute atomic E-state index is 0.0183. The molecule has 0 spiro atoms. The average Bonchev–Trinajstić information content (AvgIpc) is 2.46. The Balaban J connectivity index is 1.99. The van der Waals surface area contributed by atoms with Gasteiger partial charge in [-0.05, 0) is 34.7 Å². The molecule has 0 unspecified atom stereocenters. The van der Waals surface area contributed by atoms with Crippen molar-refractivity contribution < 1.29 is 4.79 Å². The van der Waals surface area contributed by atoms with E-state index < -0.39 is 0 Å². The summed E-state index contributed by atoms with van der Waals surface area (Å²) in [6, 6.07) is 15.6. The van der Waals surface area contributed by atoms with Crippen molar-refractivity contribution in [3.63, 3.8) is 0 Å². The van der Waals surface area contributed by atoms with Gasteiger partial charge in [-0.15, -0.1) is 0 Å². The minimum Gasteiger partial charge on any atom is -0.334 e. The van der Waals surface area contributed by atoms with E-state index in [-0.39, 0.29) is 11.4 Å². The first-order valence-corrected chi connectivity index (χ1v) is 8.04. The van der Waals surface area contributed by atoms with E-state index in [0.29, 0.717) is 6.54 Å². The molecule has 0 heterocycles. The molecular formula is C18H21BrN2O. The third kappa shape index (κ3) is 4.60. The van der Waals surface area contributed by atoms with Crippen molar-refractivity contribution in [2.45, 2.75) is 32.7 Å². The summed E-state index contributed by atoms with van der Waals surface area (Å²) >= 11 is 3.40. The molecule has 0 saturated heterocycles. The minimum atomic E-state index is -0.195. The fourth-order valence-electron chi connectivity index (χ4n) is 2.20. The van der Waals surface area contributed by atoms with Crippen LogP contribution < -0.4 is 10.6 Å². The van der Waals surface area contributed by atoms with Crippen LogP contribution in [0.15, 0.2) is 53.0 Å². The van der Waals surface area contributed by atoms with E-state index in [9.17, 15) is 4.79 Å². The predicted molar refractivity (Wildman–Crippen MR) is 95.1 cm³/mol. The van der Waals surface area contributed by atoms with Gasteiger partial charge in [-0.3, -0.25) is 0 Å². The van der Waals surface area contributed by atoms with Crippen molar-refractivity contribution in [1.29, 1.82) is 0 Å². The van der Waals surface area contributed by atoms with Gasteiger partial charge >= 0.3 is 6.03 Å². The van der Waals surface area contributed by atoms with Crippen molar-refractivity contribution in [3.8, 4) is 0 Å². The Labute approximate surface area is 140 Å². The number of carbonyl (C=O) groups is 1. The van der Waals surface area contributed by atoms with Gasteiger partial charge in [-0.1, -0.05) is 67.0 Å². The lowest BCUT2D eigenvalue weighted by Crippen LogP contribution is -2.29. The number of anilines is 1. The van der Waals surface area contributed by atoms with E-state index in [0.717, 1.165) is 21.3 Å². The predicted octanol–water partition coefficient (Wildman–Crippen LogP) is 5.07. The summed E-state index contributed by atoms with van der Waals surface area (Å²) in [6.45, 7) is 6.89. The third-order valence-electron chi connectivity index (χ3n) is 3.35. The molecule has 0 aliphatic heterocycles. The maximum absolute atomic E-state index is 12.1. The van der Waals surface area contributed by atoms with E-state index in [1.54, 1.807) is 0 Å². The SMILES string of the molecule is CC(C)(C)c1ccccc1NC(=O)NCc1ccc(Br)cc1. The molecule has 2 rings (SSSR count). The lowest BCUT2D eigenvalue weighted by Gasteiger charge is -2.23. The normalized spacial score (nSPS) is 11.1. The van der Waals surface area contributed by atoms with Crippen LogP contribution in [0.2, 0.25) is 0 Å². The molecule has 0 fully saturated rings. The first-order chi connectivity index (χ1) is 10.4. The number of carbonyl (C=O) groups excluding carboxylic acids is 1. The monoisotopic (exact) mass is 360 g/mol. The highest BCUT2D eigenvalue weighted by atomic mass is 79.9. The van der Waals surface area contributed by atoms with Gasteiger partial charge in [0.15, 0.2) is 0 Å². The van der Waals surface area contributed by atoms with Gasteiger partial charge in [0.1, 0.15) is 0 Å². The van der Waals surface area contributed by atoms with E-state index in [2.05, 4.69) is 47.3 Å². The summed E-state index contributed by atoms with van der Waals surface area (Å²) in [6.07, 6.45) is 0. The molecule has 0 radical (unpaired) electrons. The van der Waals surface area contributed by atoms with Crippen molar-refractivity contribution >= 4 is 27.6 Å². The van der Waals surface area contributed by atoms with E-state index >= 15 is 0 Å². The largest absolute Gasteiger partial charge is 0.334 e. The Morgan fingerprint density at radius 1 is 1.05 bits per heavy atom. The number of para-hydroxylation sites is 1. The molecule has 22 heavy (non-hydrogen) atoms. The van der Waals surface area contributed by atoms with Crippen molar-refractivity contribution in [1.82, 2.24) is 5.32 Å². The summed E-state index contributed by atoms with van der Waals surface area (Å²) in [5.41, 5.74) is 3.01. The average molecular weight is 361 g/mol. The molecular weight excluding hydrogens is 340 g/mol. The lowest BCUT2D eigenvalue weighted by molar-refractivity contribution is 0.251. The Morgan fingerprint density at radius 3 is 2.32 bits per heavy atom. The maximum atomic E-state index is 12.1. The second kappa shape index (κ2) is 6.97. The van der Waals surface area contributed by atoms with Gasteiger partial charge in [0.25, 0.3) is 0 Å². The summed E-state index contributed by atoms with van der Waals surface area (Å²) < 4.78 is 1.03. The Hall–Kier alpha value is -1.81. The molecule has 4 heteroatoms. The first kappa shape index (κ1) is 16.6. The standard InChI is InChI=1S/C18H21BrN2O/c1-18(2,3)15-6-4-5-7-16(15)21-17(22)20-12-13-8-10-14(19)11-9-13/h4-11H,12H2,1-3H3,(H2,20,21,22). The summed E-state index contributed by atoms with van der Waals surface area (Å²) in [5, 5.41) is 5.82. The summed E-state index contributed by atoms with van der Waals surface area (Å²) in [5.74, 6) is 0.